The summed E-state index contributed by atoms with van der Waals surface area (Å²) in [4.78, 5) is 12.2. The summed E-state index contributed by atoms with van der Waals surface area (Å²) in [5.41, 5.74) is 1.64. The number of carbonyl (C=O) groups is 1. The lowest BCUT2D eigenvalue weighted by molar-refractivity contribution is -0.121. The second kappa shape index (κ2) is 7.46. The number of amides is 1. The SMILES string of the molecule is COc1cccc(CC(=O)N[C@@H](C)c2ccc(S(N)(=O)=O)cc2)c1. The van der Waals surface area contributed by atoms with Crippen LogP contribution in [0.15, 0.2) is 53.4 Å². The van der Waals surface area contributed by atoms with Crippen LogP contribution in [-0.4, -0.2) is 21.4 Å². The topological polar surface area (TPSA) is 98.5 Å². The van der Waals surface area contributed by atoms with E-state index < -0.39 is 10.0 Å². The van der Waals surface area contributed by atoms with Crippen LogP contribution >= 0.6 is 0 Å². The van der Waals surface area contributed by atoms with Crippen molar-refractivity contribution in [1.82, 2.24) is 5.32 Å². The Morgan fingerprint density at radius 2 is 1.88 bits per heavy atom. The molecule has 0 heterocycles. The molecule has 2 aromatic carbocycles. The van der Waals surface area contributed by atoms with Crippen LogP contribution in [0.2, 0.25) is 0 Å². The summed E-state index contributed by atoms with van der Waals surface area (Å²) >= 11 is 0. The molecule has 7 heteroatoms. The highest BCUT2D eigenvalue weighted by Crippen LogP contribution is 2.17. The molecule has 0 aliphatic heterocycles. The minimum atomic E-state index is -3.71. The van der Waals surface area contributed by atoms with Gasteiger partial charge in [0.2, 0.25) is 15.9 Å². The van der Waals surface area contributed by atoms with Gasteiger partial charge in [-0.05, 0) is 42.3 Å². The molecular weight excluding hydrogens is 328 g/mol. The fourth-order valence-corrected chi connectivity index (χ4v) is 2.81. The van der Waals surface area contributed by atoms with E-state index in [0.29, 0.717) is 5.75 Å². The Hall–Kier alpha value is -2.38. The highest BCUT2D eigenvalue weighted by Gasteiger charge is 2.12. The van der Waals surface area contributed by atoms with Gasteiger partial charge in [0.1, 0.15) is 5.75 Å². The standard InChI is InChI=1S/C17H20N2O4S/c1-12(14-6-8-16(9-7-14)24(18,21)22)19-17(20)11-13-4-3-5-15(10-13)23-2/h3-10,12H,11H2,1-2H3,(H,19,20)(H2,18,21,22)/t12-/m0/s1. The number of rotatable bonds is 6. The maximum Gasteiger partial charge on any atom is 0.238 e. The van der Waals surface area contributed by atoms with Crippen LogP contribution in [0.3, 0.4) is 0 Å². The van der Waals surface area contributed by atoms with E-state index in [0.717, 1.165) is 11.1 Å². The molecule has 0 radical (unpaired) electrons. The van der Waals surface area contributed by atoms with Crippen LogP contribution < -0.4 is 15.2 Å². The molecule has 0 bridgehead atoms. The number of ether oxygens (including phenoxy) is 1. The van der Waals surface area contributed by atoms with Crippen molar-refractivity contribution in [2.75, 3.05) is 7.11 Å². The predicted octanol–water partition coefficient (Wildman–Crippen LogP) is 1.76. The Morgan fingerprint density at radius 1 is 1.21 bits per heavy atom. The van der Waals surface area contributed by atoms with Crippen LogP contribution in [0.5, 0.6) is 5.75 Å². The number of benzene rings is 2. The summed E-state index contributed by atoms with van der Waals surface area (Å²) in [5, 5.41) is 7.95. The van der Waals surface area contributed by atoms with Crippen LogP contribution in [0, 0.1) is 0 Å². The van der Waals surface area contributed by atoms with E-state index in [1.807, 2.05) is 31.2 Å². The van der Waals surface area contributed by atoms with Gasteiger partial charge in [0.15, 0.2) is 0 Å². The largest absolute Gasteiger partial charge is 0.497 e. The van der Waals surface area contributed by atoms with E-state index in [-0.39, 0.29) is 23.3 Å². The predicted molar refractivity (Wildman–Crippen MR) is 91.1 cm³/mol. The van der Waals surface area contributed by atoms with Gasteiger partial charge in [-0.15, -0.1) is 0 Å². The molecule has 0 aliphatic rings. The lowest BCUT2D eigenvalue weighted by Gasteiger charge is -2.15. The van der Waals surface area contributed by atoms with Crippen molar-refractivity contribution in [3.05, 3.63) is 59.7 Å². The van der Waals surface area contributed by atoms with Gasteiger partial charge in [0, 0.05) is 0 Å². The minimum Gasteiger partial charge on any atom is -0.497 e. The Labute approximate surface area is 141 Å². The van der Waals surface area contributed by atoms with Crippen molar-refractivity contribution < 1.29 is 17.9 Å². The first-order valence-electron chi connectivity index (χ1n) is 7.34. The quantitative estimate of drug-likeness (QED) is 0.831. The Balaban J connectivity index is 2.00. The molecule has 1 atom stereocenters. The van der Waals surface area contributed by atoms with Crippen LogP contribution in [0.25, 0.3) is 0 Å². The van der Waals surface area contributed by atoms with E-state index in [4.69, 9.17) is 9.88 Å². The summed E-state index contributed by atoms with van der Waals surface area (Å²) in [6.45, 7) is 1.83. The molecule has 24 heavy (non-hydrogen) atoms. The number of nitrogens with one attached hydrogen (secondary N) is 1. The average Bonchev–Trinajstić information content (AvgIpc) is 2.54. The summed E-state index contributed by atoms with van der Waals surface area (Å²) in [7, 11) is -2.14. The molecule has 2 rings (SSSR count). The molecule has 0 saturated carbocycles. The molecule has 2 aromatic rings. The van der Waals surface area contributed by atoms with Gasteiger partial charge in [-0.2, -0.15) is 0 Å². The molecule has 6 nitrogen and oxygen atoms in total. The third-order valence-corrected chi connectivity index (χ3v) is 4.51. The van der Waals surface area contributed by atoms with E-state index in [1.165, 1.54) is 12.1 Å². The maximum atomic E-state index is 12.2. The molecular formula is C17H20N2O4S. The normalized spacial score (nSPS) is 12.5. The molecule has 0 unspecified atom stereocenters. The number of hydrogen-bond acceptors (Lipinski definition) is 4. The molecule has 0 saturated heterocycles. The number of sulfonamides is 1. The van der Waals surface area contributed by atoms with Gasteiger partial charge in [-0.1, -0.05) is 24.3 Å². The van der Waals surface area contributed by atoms with Crippen molar-refractivity contribution in [3.8, 4) is 5.75 Å². The molecule has 1 amide bonds. The summed E-state index contributed by atoms with van der Waals surface area (Å²) in [6, 6.07) is 13.2. The zero-order valence-electron chi connectivity index (χ0n) is 13.5. The highest BCUT2D eigenvalue weighted by molar-refractivity contribution is 7.89. The summed E-state index contributed by atoms with van der Waals surface area (Å²) in [5.74, 6) is 0.568. The number of primary sulfonamides is 1. The van der Waals surface area contributed by atoms with E-state index in [2.05, 4.69) is 5.32 Å². The van der Waals surface area contributed by atoms with Gasteiger partial charge >= 0.3 is 0 Å². The zero-order valence-corrected chi connectivity index (χ0v) is 14.3. The van der Waals surface area contributed by atoms with Gasteiger partial charge < -0.3 is 10.1 Å². The fourth-order valence-electron chi connectivity index (χ4n) is 2.29. The molecule has 0 fully saturated rings. The van der Waals surface area contributed by atoms with Gasteiger partial charge in [-0.3, -0.25) is 4.79 Å². The Morgan fingerprint density at radius 3 is 2.46 bits per heavy atom. The first-order valence-corrected chi connectivity index (χ1v) is 8.89. The second-order valence-corrected chi connectivity index (χ2v) is 6.99. The first kappa shape index (κ1) is 18.0. The van der Waals surface area contributed by atoms with Crippen molar-refractivity contribution in [3.63, 3.8) is 0 Å². The van der Waals surface area contributed by atoms with Crippen molar-refractivity contribution in [1.29, 1.82) is 0 Å². The fraction of sp³-hybridized carbons (Fsp3) is 0.235. The Bertz CT molecular complexity index is 817. The van der Waals surface area contributed by atoms with E-state index in [1.54, 1.807) is 19.2 Å². The average molecular weight is 348 g/mol. The Kier molecular flexibility index (Phi) is 5.58. The lowest BCUT2D eigenvalue weighted by atomic mass is 10.1. The van der Waals surface area contributed by atoms with Crippen LogP contribution in [-0.2, 0) is 21.2 Å². The number of methoxy groups -OCH3 is 1. The number of carbonyl (C=O) groups excluding carboxylic acids is 1. The van der Waals surface area contributed by atoms with Gasteiger partial charge in [0.05, 0.1) is 24.5 Å². The number of nitrogens with two attached hydrogens (primary N) is 1. The third-order valence-electron chi connectivity index (χ3n) is 3.58. The third kappa shape index (κ3) is 4.81. The monoisotopic (exact) mass is 348 g/mol. The summed E-state index contributed by atoms with van der Waals surface area (Å²) in [6.07, 6.45) is 0.233. The highest BCUT2D eigenvalue weighted by atomic mass is 32.2. The lowest BCUT2D eigenvalue weighted by Crippen LogP contribution is -2.28. The summed E-state index contributed by atoms with van der Waals surface area (Å²) < 4.78 is 27.6. The van der Waals surface area contributed by atoms with Crippen molar-refractivity contribution in [2.24, 2.45) is 5.14 Å². The molecule has 0 aliphatic carbocycles. The molecule has 0 spiro atoms. The van der Waals surface area contributed by atoms with Gasteiger partial charge in [0.25, 0.3) is 0 Å². The van der Waals surface area contributed by atoms with Gasteiger partial charge in [-0.25, -0.2) is 13.6 Å². The maximum absolute atomic E-state index is 12.2. The van der Waals surface area contributed by atoms with Crippen molar-refractivity contribution >= 4 is 15.9 Å². The van der Waals surface area contributed by atoms with Crippen LogP contribution in [0.4, 0.5) is 0 Å². The second-order valence-electron chi connectivity index (χ2n) is 5.43. The van der Waals surface area contributed by atoms with E-state index >= 15 is 0 Å². The smallest absolute Gasteiger partial charge is 0.238 e. The first-order chi connectivity index (χ1) is 11.3. The van der Waals surface area contributed by atoms with Crippen LogP contribution in [0.1, 0.15) is 24.1 Å². The van der Waals surface area contributed by atoms with Crippen molar-refractivity contribution in [2.45, 2.75) is 24.3 Å². The molecule has 128 valence electrons. The molecule has 0 aromatic heterocycles. The number of hydrogen-bond donors (Lipinski definition) is 2. The van der Waals surface area contributed by atoms with E-state index in [9.17, 15) is 13.2 Å². The minimum absolute atomic E-state index is 0.0427. The zero-order chi connectivity index (χ0) is 17.7. The molecule has 3 N–H and O–H groups in total.